The molecule has 11 nitrogen and oxygen atoms in total. The van der Waals surface area contributed by atoms with Gasteiger partial charge in [-0.3, -0.25) is 14.4 Å². The van der Waals surface area contributed by atoms with Crippen molar-refractivity contribution in [3.05, 3.63) is 0 Å². The van der Waals surface area contributed by atoms with Gasteiger partial charge in [-0.2, -0.15) is 0 Å². The summed E-state index contributed by atoms with van der Waals surface area (Å²) in [4.78, 5) is 47.4. The molecular formula is C16H31N5O6. The molecule has 0 aromatic rings. The number of rotatable bonds is 13. The summed E-state index contributed by atoms with van der Waals surface area (Å²) in [7, 11) is 0. The lowest BCUT2D eigenvalue weighted by Crippen LogP contribution is -2.57. The summed E-state index contributed by atoms with van der Waals surface area (Å²) >= 11 is 0. The fraction of sp³-hybridized carbons (Fsp3) is 0.750. The molecule has 0 aliphatic carbocycles. The Kier molecular flexibility index (Phi) is 11.9. The molecule has 156 valence electrons. The van der Waals surface area contributed by atoms with Crippen LogP contribution in [-0.2, 0) is 19.2 Å². The number of carboxylic acids is 1. The predicted molar refractivity (Wildman–Crippen MR) is 97.3 cm³/mol. The highest BCUT2D eigenvalue weighted by atomic mass is 16.4. The Morgan fingerprint density at radius 2 is 1.52 bits per heavy atom. The van der Waals surface area contributed by atoms with Gasteiger partial charge in [0.25, 0.3) is 0 Å². The molecule has 0 rings (SSSR count). The zero-order valence-corrected chi connectivity index (χ0v) is 15.7. The highest BCUT2D eigenvalue weighted by molar-refractivity contribution is 5.93. The van der Waals surface area contributed by atoms with Crippen LogP contribution >= 0.6 is 0 Å². The standard InChI is InChI=1S/C16H31N5O6/c1-9(2)13(16(26)27)21-14(24)10(5-3-4-6-17)20-15(25)11(8-22)19-12(23)7-18/h9-11,13,22H,3-8,17-18H2,1-2H3,(H,19,23)(H,20,25)(H,21,24)(H,26,27). The SMILES string of the molecule is CC(C)C(NC(=O)C(CCCCN)NC(=O)C(CO)NC(=O)CN)C(=O)O. The number of carboxylic acid groups (broad SMARTS) is 1. The second kappa shape index (κ2) is 13.0. The van der Waals surface area contributed by atoms with Crippen molar-refractivity contribution in [2.24, 2.45) is 17.4 Å². The number of amides is 3. The Hall–Kier alpha value is -2.24. The van der Waals surface area contributed by atoms with Gasteiger partial charge in [-0.1, -0.05) is 13.8 Å². The molecule has 0 radical (unpaired) electrons. The zero-order chi connectivity index (χ0) is 21.0. The fourth-order valence-electron chi connectivity index (χ4n) is 2.25. The number of nitrogens with two attached hydrogens (primary N) is 2. The molecule has 0 heterocycles. The number of carbonyl (C=O) groups excluding carboxylic acids is 3. The number of aliphatic hydroxyl groups excluding tert-OH is 1. The summed E-state index contributed by atoms with van der Waals surface area (Å²) in [5, 5.41) is 25.6. The summed E-state index contributed by atoms with van der Waals surface area (Å²) in [6, 6.07) is -3.42. The third-order valence-corrected chi connectivity index (χ3v) is 3.83. The Balaban J connectivity index is 5.15. The van der Waals surface area contributed by atoms with Gasteiger partial charge in [0.05, 0.1) is 13.2 Å². The van der Waals surface area contributed by atoms with Gasteiger partial charge in [-0.15, -0.1) is 0 Å². The van der Waals surface area contributed by atoms with E-state index in [0.717, 1.165) is 0 Å². The molecule has 3 unspecified atom stereocenters. The van der Waals surface area contributed by atoms with E-state index in [9.17, 15) is 29.4 Å². The van der Waals surface area contributed by atoms with Gasteiger partial charge in [0, 0.05) is 0 Å². The molecule has 0 aromatic carbocycles. The van der Waals surface area contributed by atoms with Gasteiger partial charge in [0.15, 0.2) is 0 Å². The van der Waals surface area contributed by atoms with Crippen molar-refractivity contribution < 1.29 is 29.4 Å². The summed E-state index contributed by atoms with van der Waals surface area (Å²) < 4.78 is 0. The topological polar surface area (TPSA) is 197 Å². The van der Waals surface area contributed by atoms with Crippen LogP contribution in [0.3, 0.4) is 0 Å². The highest BCUT2D eigenvalue weighted by Gasteiger charge is 2.30. The maximum absolute atomic E-state index is 12.5. The first-order chi connectivity index (χ1) is 12.7. The molecule has 0 fully saturated rings. The molecule has 0 bridgehead atoms. The van der Waals surface area contributed by atoms with Crippen molar-refractivity contribution in [3.8, 4) is 0 Å². The largest absolute Gasteiger partial charge is 0.480 e. The Morgan fingerprint density at radius 3 is 1.96 bits per heavy atom. The van der Waals surface area contributed by atoms with Crippen LogP contribution in [0.1, 0.15) is 33.1 Å². The minimum absolute atomic E-state index is 0.224. The van der Waals surface area contributed by atoms with E-state index in [1.807, 2.05) is 0 Å². The second-order valence-corrected chi connectivity index (χ2v) is 6.42. The number of aliphatic carboxylic acids is 1. The zero-order valence-electron chi connectivity index (χ0n) is 15.7. The number of aliphatic hydroxyl groups is 1. The van der Waals surface area contributed by atoms with Crippen molar-refractivity contribution in [1.82, 2.24) is 16.0 Å². The Bertz CT molecular complexity index is 514. The van der Waals surface area contributed by atoms with Crippen molar-refractivity contribution in [3.63, 3.8) is 0 Å². The molecule has 0 saturated heterocycles. The van der Waals surface area contributed by atoms with Crippen LogP contribution in [0, 0.1) is 5.92 Å². The van der Waals surface area contributed by atoms with Crippen molar-refractivity contribution in [2.45, 2.75) is 51.2 Å². The van der Waals surface area contributed by atoms with Crippen molar-refractivity contribution in [1.29, 1.82) is 0 Å². The molecular weight excluding hydrogens is 358 g/mol. The lowest BCUT2D eigenvalue weighted by atomic mass is 10.0. The van der Waals surface area contributed by atoms with Crippen molar-refractivity contribution in [2.75, 3.05) is 19.7 Å². The first-order valence-corrected chi connectivity index (χ1v) is 8.81. The number of hydrogen-bond acceptors (Lipinski definition) is 7. The highest BCUT2D eigenvalue weighted by Crippen LogP contribution is 2.06. The first kappa shape index (κ1) is 24.8. The van der Waals surface area contributed by atoms with Gasteiger partial charge in [-0.25, -0.2) is 4.79 Å². The van der Waals surface area contributed by atoms with E-state index in [1.54, 1.807) is 13.8 Å². The molecule has 0 aromatic heterocycles. The third kappa shape index (κ3) is 9.31. The smallest absolute Gasteiger partial charge is 0.326 e. The van der Waals surface area contributed by atoms with E-state index in [4.69, 9.17) is 11.5 Å². The Morgan fingerprint density at radius 1 is 0.926 bits per heavy atom. The van der Waals surface area contributed by atoms with E-state index in [0.29, 0.717) is 19.4 Å². The van der Waals surface area contributed by atoms with Crippen LogP contribution < -0.4 is 27.4 Å². The van der Waals surface area contributed by atoms with E-state index in [2.05, 4.69) is 16.0 Å². The lowest BCUT2D eigenvalue weighted by Gasteiger charge is -2.25. The normalized spacial score (nSPS) is 14.1. The molecule has 0 aliphatic rings. The van der Waals surface area contributed by atoms with Crippen molar-refractivity contribution >= 4 is 23.7 Å². The molecule has 27 heavy (non-hydrogen) atoms. The first-order valence-electron chi connectivity index (χ1n) is 8.81. The maximum atomic E-state index is 12.5. The molecule has 9 N–H and O–H groups in total. The minimum Gasteiger partial charge on any atom is -0.480 e. The van der Waals surface area contributed by atoms with E-state index in [-0.39, 0.29) is 18.9 Å². The molecule has 3 amide bonds. The van der Waals surface area contributed by atoms with Crippen LogP contribution in [-0.4, -0.2) is 71.7 Å². The number of hydrogen-bond donors (Lipinski definition) is 7. The fourth-order valence-corrected chi connectivity index (χ4v) is 2.25. The monoisotopic (exact) mass is 389 g/mol. The predicted octanol–water partition coefficient (Wildman–Crippen LogP) is -2.74. The van der Waals surface area contributed by atoms with Gasteiger partial charge in [0.1, 0.15) is 18.1 Å². The quantitative estimate of drug-likeness (QED) is 0.165. The third-order valence-electron chi connectivity index (χ3n) is 3.83. The van der Waals surface area contributed by atoms with Gasteiger partial charge >= 0.3 is 5.97 Å². The summed E-state index contributed by atoms with van der Waals surface area (Å²) in [6.07, 6.45) is 1.36. The van der Waals surface area contributed by atoms with Crippen LogP contribution in [0.15, 0.2) is 0 Å². The average Bonchev–Trinajstić information content (AvgIpc) is 2.62. The molecule has 11 heteroatoms. The lowest BCUT2D eigenvalue weighted by molar-refractivity contribution is -0.143. The van der Waals surface area contributed by atoms with Crippen LogP contribution in [0.2, 0.25) is 0 Å². The van der Waals surface area contributed by atoms with Crippen LogP contribution in [0.4, 0.5) is 0 Å². The summed E-state index contributed by atoms with van der Waals surface area (Å²) in [5.74, 6) is -3.62. The van der Waals surface area contributed by atoms with Gasteiger partial charge in [-0.05, 0) is 31.7 Å². The molecule has 3 atom stereocenters. The second-order valence-electron chi connectivity index (χ2n) is 6.42. The number of nitrogens with one attached hydrogen (secondary N) is 3. The number of unbranched alkanes of at least 4 members (excludes halogenated alkanes) is 1. The molecule has 0 saturated carbocycles. The van der Waals surface area contributed by atoms with Gasteiger partial charge < -0.3 is 37.6 Å². The maximum Gasteiger partial charge on any atom is 0.326 e. The summed E-state index contributed by atoms with van der Waals surface area (Å²) in [6.45, 7) is 2.64. The van der Waals surface area contributed by atoms with Crippen LogP contribution in [0.25, 0.3) is 0 Å². The summed E-state index contributed by atoms with van der Waals surface area (Å²) in [5.41, 5.74) is 10.6. The van der Waals surface area contributed by atoms with E-state index >= 15 is 0 Å². The molecule has 0 aliphatic heterocycles. The van der Waals surface area contributed by atoms with Crippen LogP contribution in [0.5, 0.6) is 0 Å². The van der Waals surface area contributed by atoms with Gasteiger partial charge in [0.2, 0.25) is 17.7 Å². The Labute approximate surface area is 158 Å². The minimum atomic E-state index is -1.27. The van der Waals surface area contributed by atoms with E-state index in [1.165, 1.54) is 0 Å². The molecule has 0 spiro atoms. The van der Waals surface area contributed by atoms with E-state index < -0.39 is 48.4 Å². The average molecular weight is 389 g/mol. The number of carbonyl (C=O) groups is 4.